The number of ether oxygens (including phenoxy) is 2. The van der Waals surface area contributed by atoms with Crippen LogP contribution in [0.1, 0.15) is 90.5 Å². The van der Waals surface area contributed by atoms with Crippen LogP contribution in [0.3, 0.4) is 0 Å². The van der Waals surface area contributed by atoms with E-state index in [4.69, 9.17) is 9.47 Å². The molecule has 0 radical (unpaired) electrons. The predicted molar refractivity (Wildman–Crippen MR) is 126 cm³/mol. The summed E-state index contributed by atoms with van der Waals surface area (Å²) in [6, 6.07) is 7.99. The van der Waals surface area contributed by atoms with Crippen LogP contribution >= 0.6 is 22.6 Å². The predicted octanol–water partition coefficient (Wildman–Crippen LogP) is 6.82. The summed E-state index contributed by atoms with van der Waals surface area (Å²) in [6.45, 7) is 6.67. The van der Waals surface area contributed by atoms with Crippen molar-refractivity contribution in [3.63, 3.8) is 0 Å². The average Bonchev–Trinajstić information content (AvgIpc) is 2.69. The third-order valence-corrected chi connectivity index (χ3v) is 5.64. The molecule has 0 fully saturated rings. The Morgan fingerprint density at radius 2 is 1.45 bits per heavy atom. The average molecular weight is 516 g/mol. The van der Waals surface area contributed by atoms with Gasteiger partial charge < -0.3 is 9.47 Å². The van der Waals surface area contributed by atoms with E-state index in [1.807, 2.05) is 24.3 Å². The van der Waals surface area contributed by atoms with E-state index in [1.165, 1.54) is 3.57 Å². The molecule has 0 amide bonds. The molecule has 0 aliphatic carbocycles. The van der Waals surface area contributed by atoms with E-state index in [0.717, 1.165) is 56.9 Å². The van der Waals surface area contributed by atoms with Crippen LogP contribution in [0.2, 0.25) is 0 Å². The number of carbonyl (C=O) groups is 2. The lowest BCUT2D eigenvalue weighted by Crippen LogP contribution is -2.23. The van der Waals surface area contributed by atoms with Crippen LogP contribution in [0, 0.1) is 9.49 Å². The molecule has 0 saturated heterocycles. The summed E-state index contributed by atoms with van der Waals surface area (Å²) in [6.07, 6.45) is 9.00. The number of halogens is 1. The number of hydrogen-bond acceptors (Lipinski definition) is 4. The van der Waals surface area contributed by atoms with Crippen molar-refractivity contribution in [2.75, 3.05) is 0 Å². The molecule has 29 heavy (non-hydrogen) atoms. The van der Waals surface area contributed by atoms with Gasteiger partial charge in [0.05, 0.1) is 0 Å². The Bertz CT molecular complexity index is 583. The number of rotatable bonds is 15. The molecule has 1 atom stereocenters. The Kier molecular flexibility index (Phi) is 14.0. The van der Waals surface area contributed by atoms with Gasteiger partial charge in [0.25, 0.3) is 0 Å². The quantitative estimate of drug-likeness (QED) is 0.146. The molecular formula is C24H37IO4. The van der Waals surface area contributed by atoms with Gasteiger partial charge in [-0.2, -0.15) is 0 Å². The van der Waals surface area contributed by atoms with Gasteiger partial charge in [0.1, 0.15) is 12.7 Å². The number of esters is 2. The van der Waals surface area contributed by atoms with Crippen LogP contribution in [0.15, 0.2) is 24.3 Å². The second kappa shape index (κ2) is 15.7. The first-order valence-corrected chi connectivity index (χ1v) is 12.1. The second-order valence-corrected chi connectivity index (χ2v) is 9.22. The number of carbonyl (C=O) groups excluding carboxylic acids is 2. The first-order valence-electron chi connectivity index (χ1n) is 11.0. The highest BCUT2D eigenvalue weighted by molar-refractivity contribution is 14.1. The Balaban J connectivity index is 1.99. The van der Waals surface area contributed by atoms with Crippen molar-refractivity contribution in [1.82, 2.24) is 0 Å². The Morgan fingerprint density at radius 1 is 0.897 bits per heavy atom. The third-order valence-electron chi connectivity index (χ3n) is 4.92. The molecule has 1 aromatic rings. The van der Waals surface area contributed by atoms with Gasteiger partial charge in [0.2, 0.25) is 0 Å². The normalized spacial score (nSPS) is 12.0. The molecule has 0 aromatic heterocycles. The molecule has 1 unspecified atom stereocenters. The van der Waals surface area contributed by atoms with Gasteiger partial charge in [-0.1, -0.05) is 65.0 Å². The number of unbranched alkanes of at least 4 members (excludes halogenated alkanes) is 5. The lowest BCUT2D eigenvalue weighted by molar-refractivity contribution is -0.152. The molecule has 0 aliphatic heterocycles. The van der Waals surface area contributed by atoms with Crippen molar-refractivity contribution in [2.24, 2.45) is 5.92 Å². The topological polar surface area (TPSA) is 52.6 Å². The van der Waals surface area contributed by atoms with E-state index in [2.05, 4.69) is 43.4 Å². The van der Waals surface area contributed by atoms with Crippen molar-refractivity contribution in [1.29, 1.82) is 0 Å². The standard InChI is InChI=1S/C24H37IO4/c1-4-11-22(19(2)3)29-24(27)13-10-8-6-5-7-9-12-23(26)28-18-20-14-16-21(25)17-15-20/h14-17,19,22H,4-13,18H2,1-3H3. The first kappa shape index (κ1) is 25.9. The summed E-state index contributed by atoms with van der Waals surface area (Å²) in [7, 11) is 0. The van der Waals surface area contributed by atoms with Crippen molar-refractivity contribution in [3.8, 4) is 0 Å². The highest BCUT2D eigenvalue weighted by atomic mass is 127. The fraction of sp³-hybridized carbons (Fsp3) is 0.667. The molecule has 0 aliphatic rings. The minimum absolute atomic E-state index is 0.0536. The molecule has 0 heterocycles. The lowest BCUT2D eigenvalue weighted by Gasteiger charge is -2.20. The maximum absolute atomic E-state index is 11.9. The van der Waals surface area contributed by atoms with E-state index in [0.29, 0.717) is 25.4 Å². The van der Waals surface area contributed by atoms with Crippen molar-refractivity contribution in [3.05, 3.63) is 33.4 Å². The summed E-state index contributed by atoms with van der Waals surface area (Å²) in [5, 5.41) is 0. The monoisotopic (exact) mass is 516 g/mol. The zero-order chi connectivity index (χ0) is 21.5. The lowest BCUT2D eigenvalue weighted by atomic mass is 10.0. The van der Waals surface area contributed by atoms with Crippen LogP contribution in [-0.2, 0) is 25.7 Å². The third kappa shape index (κ3) is 12.9. The van der Waals surface area contributed by atoms with Crippen LogP contribution in [-0.4, -0.2) is 18.0 Å². The van der Waals surface area contributed by atoms with Gasteiger partial charge in [0, 0.05) is 16.4 Å². The zero-order valence-electron chi connectivity index (χ0n) is 18.3. The number of benzene rings is 1. The Hall–Kier alpha value is -1.11. The second-order valence-electron chi connectivity index (χ2n) is 7.97. The molecule has 1 aromatic carbocycles. The summed E-state index contributed by atoms with van der Waals surface area (Å²) in [4.78, 5) is 23.8. The van der Waals surface area contributed by atoms with Crippen LogP contribution in [0.4, 0.5) is 0 Å². The van der Waals surface area contributed by atoms with E-state index in [-0.39, 0.29) is 18.0 Å². The van der Waals surface area contributed by atoms with Gasteiger partial charge in [0.15, 0.2) is 0 Å². The molecule has 0 spiro atoms. The van der Waals surface area contributed by atoms with Crippen molar-refractivity contribution < 1.29 is 19.1 Å². The molecule has 164 valence electrons. The zero-order valence-corrected chi connectivity index (χ0v) is 20.4. The first-order chi connectivity index (χ1) is 13.9. The summed E-state index contributed by atoms with van der Waals surface area (Å²) in [5.74, 6) is 0.188. The van der Waals surface area contributed by atoms with E-state index >= 15 is 0 Å². The van der Waals surface area contributed by atoms with Gasteiger partial charge in [-0.15, -0.1) is 0 Å². The molecule has 0 bridgehead atoms. The van der Waals surface area contributed by atoms with Gasteiger partial charge in [-0.3, -0.25) is 9.59 Å². The fourth-order valence-corrected chi connectivity index (χ4v) is 3.46. The van der Waals surface area contributed by atoms with E-state index in [9.17, 15) is 9.59 Å². The molecule has 5 heteroatoms. The van der Waals surface area contributed by atoms with E-state index in [1.54, 1.807) is 0 Å². The van der Waals surface area contributed by atoms with Crippen molar-refractivity contribution >= 4 is 34.5 Å². The highest BCUT2D eigenvalue weighted by Gasteiger charge is 2.16. The van der Waals surface area contributed by atoms with E-state index < -0.39 is 0 Å². The summed E-state index contributed by atoms with van der Waals surface area (Å²) in [5.41, 5.74) is 1.02. The summed E-state index contributed by atoms with van der Waals surface area (Å²) >= 11 is 2.25. The Morgan fingerprint density at radius 3 is 2.00 bits per heavy atom. The van der Waals surface area contributed by atoms with Gasteiger partial charge in [-0.05, 0) is 65.5 Å². The van der Waals surface area contributed by atoms with Crippen LogP contribution in [0.5, 0.6) is 0 Å². The molecule has 0 N–H and O–H groups in total. The van der Waals surface area contributed by atoms with Crippen molar-refractivity contribution in [2.45, 2.75) is 97.7 Å². The highest BCUT2D eigenvalue weighted by Crippen LogP contribution is 2.15. The number of hydrogen-bond donors (Lipinski definition) is 0. The molecule has 1 rings (SSSR count). The maximum Gasteiger partial charge on any atom is 0.306 e. The smallest absolute Gasteiger partial charge is 0.306 e. The maximum atomic E-state index is 11.9. The summed E-state index contributed by atoms with van der Waals surface area (Å²) < 4.78 is 12.1. The SMILES string of the molecule is CCCC(OC(=O)CCCCCCCCC(=O)OCc1ccc(I)cc1)C(C)C. The van der Waals surface area contributed by atoms with Crippen LogP contribution < -0.4 is 0 Å². The molecular weight excluding hydrogens is 479 g/mol. The molecule has 4 nitrogen and oxygen atoms in total. The minimum Gasteiger partial charge on any atom is -0.462 e. The minimum atomic E-state index is -0.127. The van der Waals surface area contributed by atoms with Gasteiger partial charge >= 0.3 is 11.9 Å². The van der Waals surface area contributed by atoms with Crippen LogP contribution in [0.25, 0.3) is 0 Å². The largest absolute Gasteiger partial charge is 0.462 e. The van der Waals surface area contributed by atoms with Gasteiger partial charge in [-0.25, -0.2) is 0 Å². The fourth-order valence-electron chi connectivity index (χ4n) is 3.10. The Labute approximate surface area is 190 Å². The molecule has 0 saturated carbocycles.